The van der Waals surface area contributed by atoms with Crippen molar-refractivity contribution in [2.45, 2.75) is 13.0 Å². The molecule has 0 saturated carbocycles. The Hall–Kier alpha value is -2.66. The van der Waals surface area contributed by atoms with Gasteiger partial charge in [-0.3, -0.25) is 4.79 Å². The molecule has 2 aromatic carbocycles. The van der Waals surface area contributed by atoms with Crippen molar-refractivity contribution in [3.63, 3.8) is 0 Å². The smallest absolute Gasteiger partial charge is 0.338 e. The van der Waals surface area contributed by atoms with E-state index in [0.717, 1.165) is 0 Å². The Bertz CT molecular complexity index is 936. The summed E-state index contributed by atoms with van der Waals surface area (Å²) in [7, 11) is 0. The molecule has 1 heterocycles. The summed E-state index contributed by atoms with van der Waals surface area (Å²) in [6.07, 6.45) is -0.696. The molecule has 0 spiro atoms. The van der Waals surface area contributed by atoms with Crippen LogP contribution in [0, 0.1) is 0 Å². The lowest BCUT2D eigenvalue weighted by Gasteiger charge is -2.13. The van der Waals surface area contributed by atoms with Crippen molar-refractivity contribution in [1.29, 1.82) is 0 Å². The minimum Gasteiger partial charge on any atom is -0.451 e. The van der Waals surface area contributed by atoms with Crippen molar-refractivity contribution in [2.75, 3.05) is 0 Å². The van der Waals surface area contributed by atoms with Crippen LogP contribution in [-0.4, -0.2) is 15.9 Å². The Morgan fingerprint density at radius 3 is 2.78 bits per heavy atom. The summed E-state index contributed by atoms with van der Waals surface area (Å²) in [4.78, 5) is 31.2. The third-order valence-electron chi connectivity index (χ3n) is 3.36. The van der Waals surface area contributed by atoms with Crippen molar-refractivity contribution in [2.24, 2.45) is 0 Å². The van der Waals surface area contributed by atoms with Crippen LogP contribution in [0.3, 0.4) is 0 Å². The van der Waals surface area contributed by atoms with Crippen LogP contribution in [-0.2, 0) is 4.74 Å². The number of hydrogen-bond donors (Lipinski definition) is 1. The predicted molar refractivity (Wildman–Crippen MR) is 87.6 cm³/mol. The fraction of sp³-hybridized carbons (Fsp3) is 0.118. The van der Waals surface area contributed by atoms with Crippen LogP contribution in [0.2, 0.25) is 5.02 Å². The zero-order chi connectivity index (χ0) is 16.4. The van der Waals surface area contributed by atoms with E-state index in [1.54, 1.807) is 49.4 Å². The van der Waals surface area contributed by atoms with Crippen LogP contribution in [0.25, 0.3) is 10.9 Å². The van der Waals surface area contributed by atoms with Crippen LogP contribution >= 0.6 is 11.6 Å². The van der Waals surface area contributed by atoms with E-state index in [9.17, 15) is 9.59 Å². The summed E-state index contributed by atoms with van der Waals surface area (Å²) in [5.74, 6) is -0.236. The molecule has 3 aromatic rings. The summed E-state index contributed by atoms with van der Waals surface area (Å²) in [5, 5.41) is 0.939. The first-order valence-electron chi connectivity index (χ1n) is 7.00. The number of halogens is 1. The molecular formula is C17H13ClN2O3. The van der Waals surface area contributed by atoms with Gasteiger partial charge in [-0.2, -0.15) is 0 Å². The highest BCUT2D eigenvalue weighted by atomic mass is 35.5. The second-order valence-corrected chi connectivity index (χ2v) is 5.46. The molecule has 1 atom stereocenters. The molecule has 0 unspecified atom stereocenters. The number of H-pyrrole nitrogens is 1. The minimum atomic E-state index is -0.696. The normalized spacial score (nSPS) is 12.1. The van der Waals surface area contributed by atoms with Gasteiger partial charge in [0.2, 0.25) is 0 Å². The Morgan fingerprint density at radius 1 is 1.22 bits per heavy atom. The van der Waals surface area contributed by atoms with E-state index in [-0.39, 0.29) is 5.56 Å². The van der Waals surface area contributed by atoms with E-state index in [1.807, 2.05) is 0 Å². The van der Waals surface area contributed by atoms with Crippen LogP contribution in [0.15, 0.2) is 53.3 Å². The highest BCUT2D eigenvalue weighted by Gasteiger charge is 2.17. The topological polar surface area (TPSA) is 72.0 Å². The van der Waals surface area contributed by atoms with Gasteiger partial charge >= 0.3 is 5.97 Å². The summed E-state index contributed by atoms with van der Waals surface area (Å²) in [6, 6.07) is 13.4. The average Bonchev–Trinajstić information content (AvgIpc) is 2.54. The molecule has 0 saturated heterocycles. The third kappa shape index (κ3) is 3.24. The maximum Gasteiger partial charge on any atom is 0.338 e. The SMILES string of the molecule is C[C@H](OC(=O)c1cccc(Cl)c1)c1nc2ccccc2c(=O)[nH]1. The fourth-order valence-corrected chi connectivity index (χ4v) is 2.39. The molecule has 5 nitrogen and oxygen atoms in total. The number of carbonyl (C=O) groups excluding carboxylic acids is 1. The number of nitrogens with one attached hydrogen (secondary N) is 1. The highest BCUT2D eigenvalue weighted by Crippen LogP contribution is 2.18. The van der Waals surface area contributed by atoms with Gasteiger partial charge in [-0.25, -0.2) is 9.78 Å². The van der Waals surface area contributed by atoms with Crippen molar-refractivity contribution in [3.05, 3.63) is 75.3 Å². The van der Waals surface area contributed by atoms with Gasteiger partial charge in [-0.1, -0.05) is 29.8 Å². The van der Waals surface area contributed by atoms with Gasteiger partial charge in [0, 0.05) is 5.02 Å². The van der Waals surface area contributed by atoms with Gasteiger partial charge in [0.1, 0.15) is 0 Å². The highest BCUT2D eigenvalue weighted by molar-refractivity contribution is 6.30. The molecular weight excluding hydrogens is 316 g/mol. The van der Waals surface area contributed by atoms with Crippen molar-refractivity contribution < 1.29 is 9.53 Å². The molecule has 3 rings (SSSR count). The monoisotopic (exact) mass is 328 g/mol. The first-order chi connectivity index (χ1) is 11.0. The van der Waals surface area contributed by atoms with E-state index in [0.29, 0.717) is 27.3 Å². The molecule has 1 aromatic heterocycles. The Balaban J connectivity index is 1.87. The van der Waals surface area contributed by atoms with Crippen LogP contribution in [0.1, 0.15) is 29.2 Å². The number of esters is 1. The molecule has 116 valence electrons. The van der Waals surface area contributed by atoms with E-state index in [1.165, 1.54) is 6.07 Å². The molecule has 23 heavy (non-hydrogen) atoms. The van der Waals surface area contributed by atoms with E-state index >= 15 is 0 Å². The lowest BCUT2D eigenvalue weighted by molar-refractivity contribution is 0.0320. The second kappa shape index (κ2) is 6.22. The Kier molecular flexibility index (Phi) is 4.12. The molecule has 0 aliphatic rings. The number of hydrogen-bond acceptors (Lipinski definition) is 4. The molecule has 0 bridgehead atoms. The van der Waals surface area contributed by atoms with Crippen LogP contribution < -0.4 is 5.56 Å². The molecule has 6 heteroatoms. The standard InChI is InChI=1S/C17H13ClN2O3/c1-10(23-17(22)11-5-4-6-12(18)9-11)15-19-14-8-3-2-7-13(14)16(21)20-15/h2-10H,1H3,(H,19,20,21)/t10-/m0/s1. The van der Waals surface area contributed by atoms with E-state index in [2.05, 4.69) is 9.97 Å². The number of ether oxygens (including phenoxy) is 1. The number of benzene rings is 2. The summed E-state index contributed by atoms with van der Waals surface area (Å²) < 4.78 is 5.35. The summed E-state index contributed by atoms with van der Waals surface area (Å²) in [5.41, 5.74) is 0.626. The maximum atomic E-state index is 12.1. The minimum absolute atomic E-state index is 0.267. The first-order valence-corrected chi connectivity index (χ1v) is 7.38. The van der Waals surface area contributed by atoms with Gasteiger partial charge in [-0.15, -0.1) is 0 Å². The van der Waals surface area contributed by atoms with Gasteiger partial charge in [-0.05, 0) is 37.3 Å². The maximum absolute atomic E-state index is 12.1. The zero-order valence-electron chi connectivity index (χ0n) is 12.2. The van der Waals surface area contributed by atoms with Gasteiger partial charge < -0.3 is 9.72 Å². The number of nitrogens with zero attached hydrogens (tertiary/aromatic N) is 1. The van der Waals surface area contributed by atoms with Crippen LogP contribution in [0.4, 0.5) is 0 Å². The lowest BCUT2D eigenvalue weighted by atomic mass is 10.2. The van der Waals surface area contributed by atoms with Crippen molar-refractivity contribution in [1.82, 2.24) is 9.97 Å². The zero-order valence-corrected chi connectivity index (χ0v) is 13.0. The molecule has 1 N–H and O–H groups in total. The van der Waals surface area contributed by atoms with Crippen molar-refractivity contribution >= 4 is 28.5 Å². The molecule has 0 fully saturated rings. The number of carbonyl (C=O) groups is 1. The van der Waals surface area contributed by atoms with Gasteiger partial charge in [0.15, 0.2) is 11.9 Å². The molecule has 0 aliphatic carbocycles. The number of aromatic nitrogens is 2. The average molecular weight is 329 g/mol. The number of para-hydroxylation sites is 1. The predicted octanol–water partition coefficient (Wildman–Crippen LogP) is 3.49. The van der Waals surface area contributed by atoms with Gasteiger partial charge in [0.25, 0.3) is 5.56 Å². The second-order valence-electron chi connectivity index (χ2n) is 5.03. The summed E-state index contributed by atoms with van der Waals surface area (Å²) >= 11 is 5.86. The Labute approximate surface area is 136 Å². The fourth-order valence-electron chi connectivity index (χ4n) is 2.20. The number of aromatic amines is 1. The molecule has 0 amide bonds. The quantitative estimate of drug-likeness (QED) is 0.747. The first kappa shape index (κ1) is 15.2. The number of rotatable bonds is 3. The lowest BCUT2D eigenvalue weighted by Crippen LogP contribution is -2.17. The van der Waals surface area contributed by atoms with Crippen LogP contribution in [0.5, 0.6) is 0 Å². The van der Waals surface area contributed by atoms with E-state index < -0.39 is 12.1 Å². The number of fused-ring (bicyclic) bond motifs is 1. The molecule has 0 aliphatic heterocycles. The largest absolute Gasteiger partial charge is 0.451 e. The third-order valence-corrected chi connectivity index (χ3v) is 3.60. The molecule has 0 radical (unpaired) electrons. The summed E-state index contributed by atoms with van der Waals surface area (Å²) in [6.45, 7) is 1.65. The van der Waals surface area contributed by atoms with Gasteiger partial charge in [0.05, 0.1) is 16.5 Å². The van der Waals surface area contributed by atoms with E-state index in [4.69, 9.17) is 16.3 Å². The Morgan fingerprint density at radius 2 is 2.00 bits per heavy atom. The van der Waals surface area contributed by atoms with Crippen molar-refractivity contribution in [3.8, 4) is 0 Å².